The molecule has 2 aliphatic rings. The van der Waals surface area contributed by atoms with E-state index in [1.807, 2.05) is 6.07 Å². The zero-order valence-corrected chi connectivity index (χ0v) is 18.3. The van der Waals surface area contributed by atoms with E-state index in [0.717, 1.165) is 10.2 Å². The van der Waals surface area contributed by atoms with Crippen molar-refractivity contribution in [3.63, 3.8) is 0 Å². The van der Waals surface area contributed by atoms with Gasteiger partial charge in [0.1, 0.15) is 5.82 Å². The minimum atomic E-state index is -4.57. The van der Waals surface area contributed by atoms with Crippen molar-refractivity contribution in [3.8, 4) is 17.6 Å². The Hall–Kier alpha value is -4.20. The van der Waals surface area contributed by atoms with Crippen LogP contribution in [0.4, 0.5) is 24.7 Å². The first-order chi connectivity index (χ1) is 16.8. The van der Waals surface area contributed by atoms with E-state index in [0.29, 0.717) is 35.6 Å². The molecule has 8 nitrogen and oxygen atoms in total. The third kappa shape index (κ3) is 4.59. The van der Waals surface area contributed by atoms with E-state index in [1.54, 1.807) is 36.4 Å². The number of amides is 1. The van der Waals surface area contributed by atoms with Gasteiger partial charge in [-0.2, -0.15) is 23.5 Å². The van der Waals surface area contributed by atoms with Crippen LogP contribution in [-0.2, 0) is 6.42 Å². The summed E-state index contributed by atoms with van der Waals surface area (Å²) < 4.78 is 53.4. The van der Waals surface area contributed by atoms with Gasteiger partial charge in [-0.05, 0) is 41.8 Å². The number of nitrogens with one attached hydrogen (secondary N) is 2. The fourth-order valence-corrected chi connectivity index (χ4v) is 4.23. The van der Waals surface area contributed by atoms with Crippen LogP contribution in [-0.4, -0.2) is 28.7 Å². The Kier molecular flexibility index (Phi) is 5.72. The van der Waals surface area contributed by atoms with Crippen LogP contribution in [0, 0.1) is 11.3 Å². The first-order valence-electron chi connectivity index (χ1n) is 10.9. The summed E-state index contributed by atoms with van der Waals surface area (Å²) in [6.45, 7) is 0.0640. The highest BCUT2D eigenvalue weighted by atomic mass is 19.4. The van der Waals surface area contributed by atoms with E-state index in [2.05, 4.69) is 21.8 Å². The fraction of sp³-hybridized carbons (Fsp3) is 0.292. The Balaban J connectivity index is 1.40. The number of alkyl halides is 3. The van der Waals surface area contributed by atoms with Crippen molar-refractivity contribution in [3.05, 3.63) is 65.4 Å². The second-order valence-corrected chi connectivity index (χ2v) is 8.27. The van der Waals surface area contributed by atoms with Crippen LogP contribution in [0.25, 0.3) is 0 Å². The number of ether oxygens (including phenoxy) is 2. The van der Waals surface area contributed by atoms with Gasteiger partial charge in [-0.3, -0.25) is 4.79 Å². The number of aromatic nitrogens is 2. The standard InChI is InChI=1S/C24H20F3N5O3/c25-24(26,27)21-11-17(15-6-7-19-20(10-15)35-13-34-19)30-22-12-18(31-32(21)22)23(33)29-16-5-1-3-14(9-16)4-2-8-28/h1,3,5-7,9-10,12,17,21,30H,2,4,11,13H2,(H,29,33)/t17-,21-/m0/s1. The number of halogens is 3. The lowest BCUT2D eigenvalue weighted by atomic mass is 9.96. The molecule has 1 aromatic heterocycles. The highest BCUT2D eigenvalue weighted by Crippen LogP contribution is 2.45. The van der Waals surface area contributed by atoms with Crippen LogP contribution in [0.2, 0.25) is 0 Å². The molecule has 0 saturated heterocycles. The van der Waals surface area contributed by atoms with E-state index < -0.39 is 24.2 Å². The molecule has 5 rings (SSSR count). The molecular weight excluding hydrogens is 463 g/mol. The molecule has 0 fully saturated rings. The zero-order valence-electron chi connectivity index (χ0n) is 18.3. The van der Waals surface area contributed by atoms with Gasteiger partial charge in [-0.25, -0.2) is 4.68 Å². The van der Waals surface area contributed by atoms with E-state index >= 15 is 0 Å². The molecule has 0 saturated carbocycles. The van der Waals surface area contributed by atoms with Crippen LogP contribution >= 0.6 is 0 Å². The summed E-state index contributed by atoms with van der Waals surface area (Å²) in [6, 6.07) is 12.8. The van der Waals surface area contributed by atoms with E-state index in [4.69, 9.17) is 14.7 Å². The van der Waals surface area contributed by atoms with Gasteiger partial charge in [0.2, 0.25) is 6.79 Å². The van der Waals surface area contributed by atoms with Crippen molar-refractivity contribution < 1.29 is 27.4 Å². The molecule has 0 aliphatic carbocycles. The maximum absolute atomic E-state index is 14.0. The summed E-state index contributed by atoms with van der Waals surface area (Å²) in [5.74, 6) is 0.475. The van der Waals surface area contributed by atoms with Crippen molar-refractivity contribution in [1.82, 2.24) is 9.78 Å². The smallest absolute Gasteiger partial charge is 0.410 e. The van der Waals surface area contributed by atoms with Gasteiger partial charge >= 0.3 is 6.18 Å². The minimum Gasteiger partial charge on any atom is -0.454 e. The zero-order chi connectivity index (χ0) is 24.6. The molecule has 3 aromatic rings. The molecule has 3 heterocycles. The highest BCUT2D eigenvalue weighted by Gasteiger charge is 2.47. The van der Waals surface area contributed by atoms with Gasteiger partial charge in [0.25, 0.3) is 5.91 Å². The average molecular weight is 483 g/mol. The van der Waals surface area contributed by atoms with Gasteiger partial charge in [0.05, 0.1) is 12.1 Å². The maximum Gasteiger partial charge on any atom is 0.410 e. The van der Waals surface area contributed by atoms with Crippen molar-refractivity contribution in [1.29, 1.82) is 5.26 Å². The Morgan fingerprint density at radius 2 is 2.03 bits per heavy atom. The summed E-state index contributed by atoms with van der Waals surface area (Å²) in [7, 11) is 0. The first kappa shape index (κ1) is 22.6. The largest absolute Gasteiger partial charge is 0.454 e. The Morgan fingerprint density at radius 1 is 1.20 bits per heavy atom. The second-order valence-electron chi connectivity index (χ2n) is 8.27. The quantitative estimate of drug-likeness (QED) is 0.531. The second kappa shape index (κ2) is 8.87. The van der Waals surface area contributed by atoms with Crippen molar-refractivity contribution in [2.75, 3.05) is 17.4 Å². The van der Waals surface area contributed by atoms with E-state index in [-0.39, 0.29) is 24.7 Å². The van der Waals surface area contributed by atoms with Crippen LogP contribution in [0.3, 0.4) is 0 Å². The molecular formula is C24H20F3N5O3. The van der Waals surface area contributed by atoms with Gasteiger partial charge in [0, 0.05) is 24.6 Å². The van der Waals surface area contributed by atoms with Crippen LogP contribution in [0.15, 0.2) is 48.5 Å². The summed E-state index contributed by atoms with van der Waals surface area (Å²) >= 11 is 0. The van der Waals surface area contributed by atoms with Crippen molar-refractivity contribution in [2.24, 2.45) is 0 Å². The van der Waals surface area contributed by atoms with Gasteiger partial charge in [-0.1, -0.05) is 18.2 Å². The van der Waals surface area contributed by atoms with Crippen LogP contribution in [0.5, 0.6) is 11.5 Å². The molecule has 35 heavy (non-hydrogen) atoms. The number of fused-ring (bicyclic) bond motifs is 2. The molecule has 2 aromatic carbocycles. The van der Waals surface area contributed by atoms with Crippen LogP contribution < -0.4 is 20.1 Å². The maximum atomic E-state index is 14.0. The minimum absolute atomic E-state index is 0.0640. The van der Waals surface area contributed by atoms with Crippen molar-refractivity contribution in [2.45, 2.75) is 37.5 Å². The number of nitrogens with zero attached hydrogens (tertiary/aromatic N) is 3. The molecule has 0 bridgehead atoms. The lowest BCUT2D eigenvalue weighted by molar-refractivity contribution is -0.173. The first-order valence-corrected chi connectivity index (χ1v) is 10.9. The highest BCUT2D eigenvalue weighted by molar-refractivity contribution is 6.03. The SMILES string of the molecule is N#CCCc1cccc(NC(=O)c2cc3n(n2)[C@H](C(F)(F)F)C[C@@H](c2ccc4c(c2)OCO4)N3)c1. The number of anilines is 2. The number of carbonyl (C=O) groups is 1. The number of benzene rings is 2. The number of hydrogen-bond acceptors (Lipinski definition) is 6. The Labute approximate surface area is 198 Å². The summed E-state index contributed by atoms with van der Waals surface area (Å²) in [5, 5.41) is 18.5. The Bertz CT molecular complexity index is 1310. The number of carbonyl (C=O) groups excluding carboxylic acids is 1. The van der Waals surface area contributed by atoms with Crippen molar-refractivity contribution >= 4 is 17.4 Å². The average Bonchev–Trinajstić information content (AvgIpc) is 3.48. The summed E-state index contributed by atoms with van der Waals surface area (Å²) in [4.78, 5) is 12.8. The molecule has 2 N–H and O–H groups in total. The fourth-order valence-electron chi connectivity index (χ4n) is 4.23. The van der Waals surface area contributed by atoms with Gasteiger partial charge < -0.3 is 20.1 Å². The van der Waals surface area contributed by atoms with E-state index in [9.17, 15) is 18.0 Å². The van der Waals surface area contributed by atoms with Gasteiger partial charge in [0.15, 0.2) is 23.2 Å². The lowest BCUT2D eigenvalue weighted by Gasteiger charge is -2.33. The normalized spacial score (nSPS) is 18.3. The summed E-state index contributed by atoms with van der Waals surface area (Å²) in [6.07, 6.45) is -4.02. The lowest BCUT2D eigenvalue weighted by Crippen LogP contribution is -2.35. The van der Waals surface area contributed by atoms with Gasteiger partial charge in [-0.15, -0.1) is 0 Å². The third-order valence-corrected chi connectivity index (χ3v) is 5.93. The molecule has 0 spiro atoms. The molecule has 0 unspecified atom stereocenters. The number of nitriles is 1. The molecule has 0 radical (unpaired) electrons. The number of hydrogen-bond donors (Lipinski definition) is 2. The molecule has 2 aliphatic heterocycles. The predicted molar refractivity (Wildman–Crippen MR) is 119 cm³/mol. The summed E-state index contributed by atoms with van der Waals surface area (Å²) in [5.41, 5.74) is 1.79. The third-order valence-electron chi connectivity index (χ3n) is 5.93. The molecule has 2 atom stereocenters. The molecule has 180 valence electrons. The van der Waals surface area contributed by atoms with Crippen LogP contribution in [0.1, 0.15) is 46.5 Å². The predicted octanol–water partition coefficient (Wildman–Crippen LogP) is 4.98. The van der Waals surface area contributed by atoms with E-state index in [1.165, 1.54) is 6.07 Å². The number of aryl methyl sites for hydroxylation is 1. The molecule has 1 amide bonds. The number of rotatable bonds is 5. The molecule has 11 heteroatoms. The Morgan fingerprint density at radius 3 is 2.83 bits per heavy atom. The monoisotopic (exact) mass is 483 g/mol. The topological polar surface area (TPSA) is 101 Å².